The zero-order chi connectivity index (χ0) is 17.6. The van der Waals surface area contributed by atoms with Gasteiger partial charge >= 0.3 is 0 Å². The van der Waals surface area contributed by atoms with Gasteiger partial charge in [0.2, 0.25) is 11.0 Å². The van der Waals surface area contributed by atoms with Gasteiger partial charge in [0.15, 0.2) is 0 Å². The molecule has 1 amide bonds. The van der Waals surface area contributed by atoms with E-state index in [0.29, 0.717) is 17.5 Å². The minimum atomic E-state index is 0.0107. The molecule has 0 saturated carbocycles. The van der Waals surface area contributed by atoms with Crippen molar-refractivity contribution in [3.8, 4) is 0 Å². The van der Waals surface area contributed by atoms with Crippen LogP contribution in [-0.4, -0.2) is 21.1 Å². The van der Waals surface area contributed by atoms with E-state index >= 15 is 0 Å². The molecular formula is C18H22N4OS2. The topological polar surface area (TPSA) is 67.8 Å². The highest BCUT2D eigenvalue weighted by Crippen LogP contribution is 2.23. The average Bonchev–Trinajstić information content (AvgIpc) is 3.17. The van der Waals surface area contributed by atoms with Gasteiger partial charge < -0.3 is 5.32 Å². The van der Waals surface area contributed by atoms with Gasteiger partial charge in [-0.25, -0.2) is 4.98 Å². The number of para-hydroxylation sites is 1. The van der Waals surface area contributed by atoms with Gasteiger partial charge in [-0.1, -0.05) is 37.3 Å². The Hall–Kier alpha value is -1.86. The van der Waals surface area contributed by atoms with Crippen LogP contribution < -0.4 is 5.32 Å². The number of carbonyl (C=O) groups excluding carboxylic acids is 1. The Morgan fingerprint density at radius 3 is 2.76 bits per heavy atom. The molecule has 0 spiro atoms. The lowest BCUT2D eigenvalue weighted by Gasteiger charge is -2.01. The summed E-state index contributed by atoms with van der Waals surface area (Å²) in [6.45, 7) is 4.29. The monoisotopic (exact) mass is 374 g/mol. The summed E-state index contributed by atoms with van der Waals surface area (Å²) in [7, 11) is 0. The second-order valence-electron chi connectivity index (χ2n) is 6.43. The molecule has 1 N–H and O–H groups in total. The minimum absolute atomic E-state index is 0.0107. The number of anilines is 1. The summed E-state index contributed by atoms with van der Waals surface area (Å²) in [5, 5.41) is 13.7. The van der Waals surface area contributed by atoms with Crippen LogP contribution in [0.15, 0.2) is 24.3 Å². The standard InChI is InChI=1S/C18H22N4OS2/c1-12(2)11-17-21-22-18(25-17)20-15(23)9-5-6-10-16-19-13-7-3-4-8-14(13)24-16/h3-4,7-8,12H,5-6,9-11H2,1-2H3,(H,20,22,23). The Kier molecular flexibility index (Phi) is 6.09. The number of nitrogens with zero attached hydrogens (tertiary/aromatic N) is 3. The molecule has 3 aromatic rings. The van der Waals surface area contributed by atoms with Gasteiger partial charge in [-0.05, 0) is 37.3 Å². The molecule has 0 aliphatic heterocycles. The Labute approximate surface area is 155 Å². The van der Waals surface area contributed by atoms with Crippen LogP contribution in [0.1, 0.15) is 43.1 Å². The molecule has 0 radical (unpaired) electrons. The van der Waals surface area contributed by atoms with Crippen LogP contribution >= 0.6 is 22.7 Å². The lowest BCUT2D eigenvalue weighted by Crippen LogP contribution is -2.10. The van der Waals surface area contributed by atoms with Crippen LogP contribution in [0.3, 0.4) is 0 Å². The van der Waals surface area contributed by atoms with Gasteiger partial charge in [-0.3, -0.25) is 4.79 Å². The molecule has 0 bridgehead atoms. The van der Waals surface area contributed by atoms with Gasteiger partial charge in [0.05, 0.1) is 15.2 Å². The van der Waals surface area contributed by atoms with Crippen molar-refractivity contribution in [3.63, 3.8) is 0 Å². The first-order valence-corrected chi connectivity index (χ1v) is 10.2. The fourth-order valence-electron chi connectivity index (χ4n) is 2.51. The average molecular weight is 375 g/mol. The van der Waals surface area contributed by atoms with Crippen LogP contribution in [-0.2, 0) is 17.6 Å². The Morgan fingerprint density at radius 2 is 1.96 bits per heavy atom. The van der Waals surface area contributed by atoms with Crippen molar-refractivity contribution in [1.29, 1.82) is 0 Å². The second kappa shape index (κ2) is 8.49. The van der Waals surface area contributed by atoms with Crippen molar-refractivity contribution >= 4 is 43.9 Å². The van der Waals surface area contributed by atoms with Crippen molar-refractivity contribution in [2.75, 3.05) is 5.32 Å². The third-order valence-corrected chi connectivity index (χ3v) is 5.64. The van der Waals surface area contributed by atoms with E-state index in [2.05, 4.69) is 40.4 Å². The van der Waals surface area contributed by atoms with E-state index < -0.39 is 0 Å². The first-order chi connectivity index (χ1) is 12.1. The third-order valence-electron chi connectivity index (χ3n) is 3.68. The van der Waals surface area contributed by atoms with Crippen molar-refractivity contribution in [1.82, 2.24) is 15.2 Å². The number of rotatable bonds is 8. The normalized spacial score (nSPS) is 11.3. The first kappa shape index (κ1) is 17.9. The Morgan fingerprint density at radius 1 is 1.12 bits per heavy atom. The summed E-state index contributed by atoms with van der Waals surface area (Å²) >= 11 is 3.20. The number of hydrogen-bond donors (Lipinski definition) is 1. The number of benzene rings is 1. The van der Waals surface area contributed by atoms with Crippen molar-refractivity contribution in [2.24, 2.45) is 5.92 Å². The van der Waals surface area contributed by atoms with Gasteiger partial charge in [-0.2, -0.15) is 0 Å². The SMILES string of the molecule is CC(C)Cc1nnc(NC(=O)CCCCc2nc3ccccc3s2)s1. The van der Waals surface area contributed by atoms with Crippen LogP contribution in [0.25, 0.3) is 10.2 Å². The number of fused-ring (bicyclic) bond motifs is 1. The number of aryl methyl sites for hydroxylation is 1. The van der Waals surface area contributed by atoms with Crippen molar-refractivity contribution < 1.29 is 4.79 Å². The number of unbranched alkanes of at least 4 members (excludes halogenated alkanes) is 1. The predicted octanol–water partition coefficient (Wildman–Crippen LogP) is 4.70. The zero-order valence-corrected chi connectivity index (χ0v) is 16.1. The molecule has 0 atom stereocenters. The number of amides is 1. The summed E-state index contributed by atoms with van der Waals surface area (Å²) in [5.74, 6) is 0.551. The van der Waals surface area contributed by atoms with E-state index in [9.17, 15) is 4.79 Å². The van der Waals surface area contributed by atoms with Gasteiger partial charge in [-0.15, -0.1) is 21.5 Å². The first-order valence-electron chi connectivity index (χ1n) is 8.57. The van der Waals surface area contributed by atoms with E-state index in [1.165, 1.54) is 16.0 Å². The van der Waals surface area contributed by atoms with E-state index in [1.54, 1.807) is 11.3 Å². The van der Waals surface area contributed by atoms with E-state index in [1.807, 2.05) is 18.2 Å². The molecule has 7 heteroatoms. The molecule has 2 aromatic heterocycles. The number of hydrogen-bond acceptors (Lipinski definition) is 6. The Balaban J connectivity index is 1.39. The quantitative estimate of drug-likeness (QED) is 0.580. The number of thiazole rings is 1. The minimum Gasteiger partial charge on any atom is -0.301 e. The number of nitrogens with one attached hydrogen (secondary N) is 1. The number of aromatic nitrogens is 3. The predicted molar refractivity (Wildman–Crippen MR) is 104 cm³/mol. The third kappa shape index (κ3) is 5.31. The van der Waals surface area contributed by atoms with E-state index in [0.717, 1.165) is 41.2 Å². The highest BCUT2D eigenvalue weighted by molar-refractivity contribution is 7.18. The molecule has 0 saturated heterocycles. The molecule has 3 rings (SSSR count). The summed E-state index contributed by atoms with van der Waals surface area (Å²) in [6, 6.07) is 8.18. The molecule has 0 aliphatic carbocycles. The molecule has 5 nitrogen and oxygen atoms in total. The van der Waals surface area contributed by atoms with Crippen LogP contribution in [0.5, 0.6) is 0 Å². The number of carbonyl (C=O) groups is 1. The molecule has 0 aliphatic rings. The maximum atomic E-state index is 12.0. The fraction of sp³-hybridized carbons (Fsp3) is 0.444. The fourth-order valence-corrected chi connectivity index (χ4v) is 4.48. The smallest absolute Gasteiger partial charge is 0.226 e. The van der Waals surface area contributed by atoms with Gasteiger partial charge in [0.1, 0.15) is 5.01 Å². The summed E-state index contributed by atoms with van der Waals surface area (Å²) in [6.07, 6.45) is 4.13. The van der Waals surface area contributed by atoms with Crippen LogP contribution in [0.4, 0.5) is 5.13 Å². The Bertz CT molecular complexity index is 807. The van der Waals surface area contributed by atoms with E-state index in [-0.39, 0.29) is 5.91 Å². The summed E-state index contributed by atoms with van der Waals surface area (Å²) < 4.78 is 1.23. The molecule has 2 heterocycles. The second-order valence-corrected chi connectivity index (χ2v) is 8.61. The maximum absolute atomic E-state index is 12.0. The van der Waals surface area contributed by atoms with E-state index in [4.69, 9.17) is 0 Å². The van der Waals surface area contributed by atoms with Crippen LogP contribution in [0.2, 0.25) is 0 Å². The maximum Gasteiger partial charge on any atom is 0.226 e. The zero-order valence-electron chi connectivity index (χ0n) is 14.5. The van der Waals surface area contributed by atoms with Gasteiger partial charge in [0.25, 0.3) is 0 Å². The molecule has 25 heavy (non-hydrogen) atoms. The van der Waals surface area contributed by atoms with Crippen LogP contribution in [0, 0.1) is 5.92 Å². The summed E-state index contributed by atoms with van der Waals surface area (Å²) in [5.41, 5.74) is 1.06. The molecule has 1 aromatic carbocycles. The van der Waals surface area contributed by atoms with Crippen molar-refractivity contribution in [2.45, 2.75) is 46.0 Å². The molecule has 0 fully saturated rings. The lowest BCUT2D eigenvalue weighted by molar-refractivity contribution is -0.116. The largest absolute Gasteiger partial charge is 0.301 e. The highest BCUT2D eigenvalue weighted by atomic mass is 32.1. The molecule has 132 valence electrons. The highest BCUT2D eigenvalue weighted by Gasteiger charge is 2.09. The lowest BCUT2D eigenvalue weighted by atomic mass is 10.1. The molecular weight excluding hydrogens is 352 g/mol. The molecule has 0 unspecified atom stereocenters. The van der Waals surface area contributed by atoms with Gasteiger partial charge in [0, 0.05) is 12.8 Å². The summed E-state index contributed by atoms with van der Waals surface area (Å²) in [4.78, 5) is 16.6. The van der Waals surface area contributed by atoms with Crippen molar-refractivity contribution in [3.05, 3.63) is 34.3 Å².